The summed E-state index contributed by atoms with van der Waals surface area (Å²) in [5.74, 6) is 0.955. The van der Waals surface area contributed by atoms with E-state index in [4.69, 9.17) is 0 Å². The zero-order chi connectivity index (χ0) is 12.6. The summed E-state index contributed by atoms with van der Waals surface area (Å²) in [6, 6.07) is 0.673. The van der Waals surface area contributed by atoms with Crippen molar-refractivity contribution in [3.63, 3.8) is 0 Å². The Labute approximate surface area is 114 Å². The highest BCUT2D eigenvalue weighted by molar-refractivity contribution is 4.74. The SMILES string of the molecule is CC(CN1CCCCC1)NCC1CCCCCC1. The van der Waals surface area contributed by atoms with Crippen molar-refractivity contribution in [3.8, 4) is 0 Å². The topological polar surface area (TPSA) is 15.3 Å². The van der Waals surface area contributed by atoms with Crippen LogP contribution in [0.25, 0.3) is 0 Å². The van der Waals surface area contributed by atoms with Crippen molar-refractivity contribution in [2.24, 2.45) is 5.92 Å². The molecule has 1 aliphatic carbocycles. The Morgan fingerprint density at radius 2 is 1.56 bits per heavy atom. The number of piperidine rings is 1. The lowest BCUT2D eigenvalue weighted by Gasteiger charge is -2.30. The molecule has 1 saturated carbocycles. The Morgan fingerprint density at radius 3 is 2.22 bits per heavy atom. The van der Waals surface area contributed by atoms with E-state index in [1.54, 1.807) is 0 Å². The predicted octanol–water partition coefficient (Wildman–Crippen LogP) is 3.42. The summed E-state index contributed by atoms with van der Waals surface area (Å²) in [7, 11) is 0. The van der Waals surface area contributed by atoms with Gasteiger partial charge in [-0.15, -0.1) is 0 Å². The maximum absolute atomic E-state index is 3.79. The molecule has 1 saturated heterocycles. The molecule has 1 N–H and O–H groups in total. The number of rotatable bonds is 5. The molecule has 0 aromatic rings. The third-order valence-corrected chi connectivity index (χ3v) is 4.71. The van der Waals surface area contributed by atoms with Gasteiger partial charge < -0.3 is 10.2 Å². The predicted molar refractivity (Wildman–Crippen MR) is 78.9 cm³/mol. The average Bonchev–Trinajstić information content (AvgIpc) is 2.66. The lowest BCUT2D eigenvalue weighted by atomic mass is 10.00. The highest BCUT2D eigenvalue weighted by Gasteiger charge is 2.15. The van der Waals surface area contributed by atoms with E-state index in [1.807, 2.05) is 0 Å². The van der Waals surface area contributed by atoms with Crippen molar-refractivity contribution in [2.45, 2.75) is 70.8 Å². The molecule has 1 atom stereocenters. The van der Waals surface area contributed by atoms with Gasteiger partial charge in [0, 0.05) is 12.6 Å². The van der Waals surface area contributed by atoms with Gasteiger partial charge in [0.05, 0.1) is 0 Å². The molecule has 2 nitrogen and oxygen atoms in total. The summed E-state index contributed by atoms with van der Waals surface area (Å²) in [4.78, 5) is 2.65. The number of hydrogen-bond acceptors (Lipinski definition) is 2. The average molecular weight is 252 g/mol. The Bertz CT molecular complexity index is 203. The van der Waals surface area contributed by atoms with E-state index < -0.39 is 0 Å². The molecule has 2 heteroatoms. The first-order valence-electron chi connectivity index (χ1n) is 8.30. The minimum atomic E-state index is 0.673. The summed E-state index contributed by atoms with van der Waals surface area (Å²) in [6.07, 6.45) is 13.1. The molecule has 1 aliphatic heterocycles. The summed E-state index contributed by atoms with van der Waals surface area (Å²) >= 11 is 0. The van der Waals surface area contributed by atoms with Crippen LogP contribution in [-0.4, -0.2) is 37.1 Å². The van der Waals surface area contributed by atoms with Gasteiger partial charge in [-0.2, -0.15) is 0 Å². The second-order valence-corrected chi connectivity index (χ2v) is 6.53. The summed E-state index contributed by atoms with van der Waals surface area (Å²) in [5.41, 5.74) is 0. The number of likely N-dealkylation sites (tertiary alicyclic amines) is 1. The molecule has 106 valence electrons. The third-order valence-electron chi connectivity index (χ3n) is 4.71. The molecule has 2 aliphatic rings. The molecule has 1 unspecified atom stereocenters. The normalized spacial score (nSPS) is 25.8. The zero-order valence-corrected chi connectivity index (χ0v) is 12.3. The first-order valence-corrected chi connectivity index (χ1v) is 8.30. The Hall–Kier alpha value is -0.0800. The van der Waals surface area contributed by atoms with Crippen LogP contribution in [0.1, 0.15) is 64.7 Å². The van der Waals surface area contributed by atoms with Crippen molar-refractivity contribution in [1.82, 2.24) is 10.2 Å². The lowest BCUT2D eigenvalue weighted by Crippen LogP contribution is -2.42. The molecular weight excluding hydrogens is 220 g/mol. The summed E-state index contributed by atoms with van der Waals surface area (Å²) < 4.78 is 0. The van der Waals surface area contributed by atoms with Gasteiger partial charge >= 0.3 is 0 Å². The van der Waals surface area contributed by atoms with Crippen molar-refractivity contribution in [2.75, 3.05) is 26.2 Å². The van der Waals surface area contributed by atoms with Gasteiger partial charge in [-0.25, -0.2) is 0 Å². The number of hydrogen-bond donors (Lipinski definition) is 1. The molecule has 2 fully saturated rings. The smallest absolute Gasteiger partial charge is 0.0166 e. The van der Waals surface area contributed by atoms with Crippen LogP contribution in [0, 0.1) is 5.92 Å². The molecular formula is C16H32N2. The fourth-order valence-corrected chi connectivity index (χ4v) is 3.53. The molecule has 0 amide bonds. The van der Waals surface area contributed by atoms with Gasteiger partial charge in [-0.1, -0.05) is 32.1 Å². The van der Waals surface area contributed by atoms with Gasteiger partial charge in [0.1, 0.15) is 0 Å². The highest BCUT2D eigenvalue weighted by Crippen LogP contribution is 2.22. The second-order valence-electron chi connectivity index (χ2n) is 6.53. The van der Waals surface area contributed by atoms with Crippen LogP contribution in [0.5, 0.6) is 0 Å². The monoisotopic (exact) mass is 252 g/mol. The second kappa shape index (κ2) is 8.16. The first kappa shape index (κ1) is 14.3. The molecule has 0 bridgehead atoms. The Balaban J connectivity index is 1.59. The highest BCUT2D eigenvalue weighted by atomic mass is 15.1. The van der Waals surface area contributed by atoms with E-state index in [-0.39, 0.29) is 0 Å². The first-order chi connectivity index (χ1) is 8.84. The van der Waals surface area contributed by atoms with Gasteiger partial charge in [0.25, 0.3) is 0 Å². The lowest BCUT2D eigenvalue weighted by molar-refractivity contribution is 0.206. The van der Waals surface area contributed by atoms with Crippen molar-refractivity contribution in [3.05, 3.63) is 0 Å². The van der Waals surface area contributed by atoms with Gasteiger partial charge in [-0.05, 0) is 58.2 Å². The van der Waals surface area contributed by atoms with Crippen molar-refractivity contribution in [1.29, 1.82) is 0 Å². The maximum atomic E-state index is 3.79. The Morgan fingerprint density at radius 1 is 0.944 bits per heavy atom. The minimum Gasteiger partial charge on any atom is -0.313 e. The van der Waals surface area contributed by atoms with Crippen LogP contribution in [0.4, 0.5) is 0 Å². The molecule has 0 spiro atoms. The molecule has 18 heavy (non-hydrogen) atoms. The van der Waals surface area contributed by atoms with Crippen molar-refractivity contribution < 1.29 is 0 Å². The van der Waals surface area contributed by atoms with Crippen LogP contribution in [0.15, 0.2) is 0 Å². The van der Waals surface area contributed by atoms with Gasteiger partial charge in [0.2, 0.25) is 0 Å². The molecule has 0 aromatic heterocycles. The molecule has 0 aromatic carbocycles. The van der Waals surface area contributed by atoms with Crippen LogP contribution < -0.4 is 5.32 Å². The standard InChI is InChI=1S/C16H32N2/c1-15(14-18-11-7-4-8-12-18)17-13-16-9-5-2-3-6-10-16/h15-17H,2-14H2,1H3. The largest absolute Gasteiger partial charge is 0.313 e. The van der Waals surface area contributed by atoms with Crippen molar-refractivity contribution >= 4 is 0 Å². The number of nitrogens with one attached hydrogen (secondary N) is 1. The van der Waals surface area contributed by atoms with Crippen LogP contribution in [0.3, 0.4) is 0 Å². The van der Waals surface area contributed by atoms with Gasteiger partial charge in [-0.3, -0.25) is 0 Å². The third kappa shape index (κ3) is 5.27. The summed E-state index contributed by atoms with van der Waals surface area (Å²) in [6.45, 7) is 7.54. The summed E-state index contributed by atoms with van der Waals surface area (Å²) in [5, 5.41) is 3.79. The maximum Gasteiger partial charge on any atom is 0.0166 e. The van der Waals surface area contributed by atoms with Crippen LogP contribution in [-0.2, 0) is 0 Å². The fraction of sp³-hybridized carbons (Fsp3) is 1.00. The van der Waals surface area contributed by atoms with E-state index in [2.05, 4.69) is 17.1 Å². The van der Waals surface area contributed by atoms with E-state index >= 15 is 0 Å². The van der Waals surface area contributed by atoms with E-state index in [0.29, 0.717) is 6.04 Å². The Kier molecular flexibility index (Phi) is 6.50. The molecule has 2 rings (SSSR count). The molecule has 1 heterocycles. The van der Waals surface area contributed by atoms with Crippen LogP contribution >= 0.6 is 0 Å². The zero-order valence-electron chi connectivity index (χ0n) is 12.3. The van der Waals surface area contributed by atoms with Gasteiger partial charge in [0.15, 0.2) is 0 Å². The molecule has 0 radical (unpaired) electrons. The van der Waals surface area contributed by atoms with E-state index in [1.165, 1.54) is 84.0 Å². The quantitative estimate of drug-likeness (QED) is 0.754. The number of nitrogens with zero attached hydrogens (tertiary/aromatic N) is 1. The van der Waals surface area contributed by atoms with E-state index in [9.17, 15) is 0 Å². The minimum absolute atomic E-state index is 0.673. The van der Waals surface area contributed by atoms with Crippen LogP contribution in [0.2, 0.25) is 0 Å². The van der Waals surface area contributed by atoms with E-state index in [0.717, 1.165) is 5.92 Å². The fourth-order valence-electron chi connectivity index (χ4n) is 3.53.